The highest BCUT2D eigenvalue weighted by atomic mass is 35.5. The Hall–Kier alpha value is -2.39. The number of carbonyl (C=O) groups excluding carboxylic acids is 1. The zero-order valence-electron chi connectivity index (χ0n) is 30.0. The number of hydrogen-bond acceptors (Lipinski definition) is 6. The Morgan fingerprint density at radius 2 is 1.92 bits per heavy atom. The molecule has 3 aliphatic heterocycles. The average Bonchev–Trinajstić information content (AvgIpc) is 3.27. The molecule has 3 heterocycles. The number of halogens is 1. The van der Waals surface area contributed by atoms with Crippen molar-refractivity contribution in [3.05, 3.63) is 70.3 Å². The number of rotatable bonds is 12. The molecule has 1 saturated carbocycles. The molecule has 4 aliphatic rings. The van der Waals surface area contributed by atoms with Gasteiger partial charge in [0, 0.05) is 66.6 Å². The predicted octanol–water partition coefficient (Wildman–Crippen LogP) is 7.61. The molecule has 1 amide bonds. The van der Waals surface area contributed by atoms with Crippen LogP contribution >= 0.6 is 11.6 Å². The van der Waals surface area contributed by atoms with Crippen LogP contribution in [0.5, 0.6) is 5.75 Å². The molecular formula is C40H57ClN4O3S. The lowest BCUT2D eigenvalue weighted by molar-refractivity contribution is -0.00143. The van der Waals surface area contributed by atoms with E-state index >= 15 is 0 Å². The fourth-order valence-electron chi connectivity index (χ4n) is 8.54. The Morgan fingerprint density at radius 3 is 2.67 bits per heavy atom. The van der Waals surface area contributed by atoms with Gasteiger partial charge in [-0.3, -0.25) is 19.3 Å². The number of aryl methyl sites for hydroxylation is 1. The van der Waals surface area contributed by atoms with Gasteiger partial charge < -0.3 is 9.64 Å². The second kappa shape index (κ2) is 16.8. The number of hydrogen-bond donors (Lipinski definition) is 1. The van der Waals surface area contributed by atoms with E-state index < -0.39 is 11.0 Å². The quantitative estimate of drug-likeness (QED) is 0.229. The largest absolute Gasteiger partial charge is 0.491 e. The zero-order valence-corrected chi connectivity index (χ0v) is 31.6. The van der Waals surface area contributed by atoms with Gasteiger partial charge in [0.05, 0.1) is 12.3 Å². The van der Waals surface area contributed by atoms with Crippen LogP contribution in [0.2, 0.25) is 5.02 Å². The number of nitrogens with zero attached hydrogens (tertiary/aromatic N) is 3. The van der Waals surface area contributed by atoms with E-state index in [0.29, 0.717) is 36.1 Å². The molecule has 7 nitrogen and oxygen atoms in total. The molecule has 3 fully saturated rings. The molecule has 0 spiro atoms. The first kappa shape index (κ1) is 36.4. The minimum Gasteiger partial charge on any atom is -0.491 e. The van der Waals surface area contributed by atoms with Gasteiger partial charge in [0.25, 0.3) is 5.91 Å². The maximum atomic E-state index is 13.3. The summed E-state index contributed by atoms with van der Waals surface area (Å²) in [7, 11) is -1.44. The first-order valence-corrected chi connectivity index (χ1v) is 20.5. The van der Waals surface area contributed by atoms with E-state index in [2.05, 4.69) is 57.6 Å². The number of piperidine rings is 1. The zero-order chi connectivity index (χ0) is 34.5. The van der Waals surface area contributed by atoms with Crippen LogP contribution < -0.4 is 14.4 Å². The Morgan fingerprint density at radius 1 is 1.06 bits per heavy atom. The normalized spacial score (nSPS) is 26.0. The van der Waals surface area contributed by atoms with Gasteiger partial charge in [0.1, 0.15) is 16.7 Å². The number of piperazine rings is 1. The van der Waals surface area contributed by atoms with E-state index in [1.165, 1.54) is 62.9 Å². The third-order valence-corrected chi connectivity index (χ3v) is 12.8. The van der Waals surface area contributed by atoms with Crippen LogP contribution in [0.3, 0.4) is 0 Å². The molecule has 268 valence electrons. The Labute approximate surface area is 302 Å². The number of amides is 1. The van der Waals surface area contributed by atoms with E-state index in [-0.39, 0.29) is 17.1 Å². The molecule has 2 aromatic rings. The summed E-state index contributed by atoms with van der Waals surface area (Å²) in [5, 5.41) is 0.613. The molecule has 6 unspecified atom stereocenters. The number of benzene rings is 2. The Bertz CT molecular complexity index is 1500. The smallest absolute Gasteiger partial charge is 0.263 e. The summed E-state index contributed by atoms with van der Waals surface area (Å²) in [6, 6.07) is 13.2. The van der Waals surface area contributed by atoms with Gasteiger partial charge in [-0.25, -0.2) is 4.21 Å². The number of fused-ring (bicyclic) bond motifs is 2. The van der Waals surface area contributed by atoms with Gasteiger partial charge in [-0.05, 0) is 112 Å². The summed E-state index contributed by atoms with van der Waals surface area (Å²) in [5.41, 5.74) is 4.06. The lowest BCUT2D eigenvalue weighted by Crippen LogP contribution is -2.59. The highest BCUT2D eigenvalue weighted by Crippen LogP contribution is 2.44. The van der Waals surface area contributed by atoms with Crippen molar-refractivity contribution in [3.8, 4) is 5.75 Å². The van der Waals surface area contributed by atoms with Gasteiger partial charge in [0.15, 0.2) is 0 Å². The van der Waals surface area contributed by atoms with Gasteiger partial charge >= 0.3 is 0 Å². The maximum Gasteiger partial charge on any atom is 0.263 e. The maximum absolute atomic E-state index is 13.3. The molecule has 2 saturated heterocycles. The van der Waals surface area contributed by atoms with Crippen LogP contribution in [-0.2, 0) is 17.4 Å². The lowest BCUT2D eigenvalue weighted by Gasteiger charge is -2.51. The number of ether oxygens (including phenoxy) is 1. The molecule has 6 rings (SSSR count). The summed E-state index contributed by atoms with van der Waals surface area (Å²) in [5.74, 6) is 1.78. The van der Waals surface area contributed by atoms with Gasteiger partial charge in [-0.2, -0.15) is 0 Å². The molecule has 6 atom stereocenters. The first-order chi connectivity index (χ1) is 23.7. The van der Waals surface area contributed by atoms with E-state index in [9.17, 15) is 9.00 Å². The highest BCUT2D eigenvalue weighted by molar-refractivity contribution is 7.84. The summed E-state index contributed by atoms with van der Waals surface area (Å²) in [6.45, 7) is 15.2. The summed E-state index contributed by atoms with van der Waals surface area (Å²) >= 11 is 6.49. The fraction of sp³-hybridized carbons (Fsp3) is 0.625. The first-order valence-electron chi connectivity index (χ1n) is 18.9. The predicted molar refractivity (Wildman–Crippen MR) is 203 cm³/mol. The van der Waals surface area contributed by atoms with Crippen molar-refractivity contribution < 1.29 is 13.7 Å². The molecule has 2 aromatic carbocycles. The summed E-state index contributed by atoms with van der Waals surface area (Å²) in [4.78, 5) is 21.3. The van der Waals surface area contributed by atoms with Crippen LogP contribution in [-0.4, -0.2) is 83.1 Å². The third-order valence-electron chi connectivity index (χ3n) is 11.4. The Kier molecular flexibility index (Phi) is 12.4. The van der Waals surface area contributed by atoms with Crippen molar-refractivity contribution >= 4 is 34.2 Å². The summed E-state index contributed by atoms with van der Waals surface area (Å²) < 4.78 is 21.8. The van der Waals surface area contributed by atoms with Crippen LogP contribution in [0.15, 0.2) is 48.6 Å². The molecule has 9 heteroatoms. The number of allylic oxidation sites excluding steroid dienone is 1. The van der Waals surface area contributed by atoms with Gasteiger partial charge in [0.2, 0.25) is 0 Å². The minimum absolute atomic E-state index is 0.158. The third kappa shape index (κ3) is 8.57. The monoisotopic (exact) mass is 708 g/mol. The molecule has 0 aromatic heterocycles. The number of carbonyl (C=O) groups is 1. The van der Waals surface area contributed by atoms with Crippen molar-refractivity contribution in [2.75, 3.05) is 50.8 Å². The van der Waals surface area contributed by atoms with Crippen LogP contribution in [0, 0.1) is 11.8 Å². The topological polar surface area (TPSA) is 65.1 Å². The van der Waals surface area contributed by atoms with Crippen LogP contribution in [0.4, 0.5) is 5.69 Å². The van der Waals surface area contributed by atoms with Crippen molar-refractivity contribution in [2.24, 2.45) is 11.8 Å². The van der Waals surface area contributed by atoms with E-state index in [4.69, 9.17) is 16.3 Å². The van der Waals surface area contributed by atoms with Gasteiger partial charge in [-0.1, -0.05) is 56.5 Å². The van der Waals surface area contributed by atoms with Crippen LogP contribution in [0.25, 0.3) is 0 Å². The number of nitrogens with one attached hydrogen (secondary N) is 1. The van der Waals surface area contributed by atoms with E-state index in [0.717, 1.165) is 55.4 Å². The van der Waals surface area contributed by atoms with E-state index in [1.54, 1.807) is 6.07 Å². The molecule has 1 aliphatic carbocycles. The average molecular weight is 709 g/mol. The second-order valence-electron chi connectivity index (χ2n) is 15.0. The molecule has 0 radical (unpaired) electrons. The highest BCUT2D eigenvalue weighted by Gasteiger charge is 2.42. The standard InChI is InChI=1S/C40H57ClN4O3S/c1-5-7-12-37(44-21-20-43-19-9-8-11-34(43)26-44)36-16-13-31(36)24-45-25-32(35-17-15-33(41)22-29(35)10-6-2)27-48-39-18-14-30(23-38(39)45)40(46)42-49(47)28(3)4/h7,12,14-15,17-18,22-23,28,31-32,34,36-37H,5-6,8-11,13,16,19-21,24-27H2,1-4H3,(H,42,46)/b12-7+. The molecule has 0 bridgehead atoms. The van der Waals surface area contributed by atoms with Crippen molar-refractivity contribution in [3.63, 3.8) is 0 Å². The Balaban J connectivity index is 1.29. The molecular weight excluding hydrogens is 652 g/mol. The second-order valence-corrected chi connectivity index (χ2v) is 17.2. The van der Waals surface area contributed by atoms with Crippen molar-refractivity contribution in [1.82, 2.24) is 14.5 Å². The van der Waals surface area contributed by atoms with Gasteiger partial charge in [-0.15, -0.1) is 0 Å². The lowest BCUT2D eigenvalue weighted by atomic mass is 9.68. The number of anilines is 1. The molecule has 1 N–H and O–H groups in total. The summed E-state index contributed by atoms with van der Waals surface area (Å²) in [6.07, 6.45) is 14.5. The van der Waals surface area contributed by atoms with Crippen molar-refractivity contribution in [2.45, 2.75) is 102 Å². The minimum atomic E-state index is -1.44. The van der Waals surface area contributed by atoms with Crippen molar-refractivity contribution in [1.29, 1.82) is 0 Å². The molecule has 49 heavy (non-hydrogen) atoms. The van der Waals surface area contributed by atoms with Crippen LogP contribution in [0.1, 0.15) is 100 Å². The fourth-order valence-corrected chi connectivity index (χ4v) is 9.27. The van der Waals surface area contributed by atoms with E-state index in [1.807, 2.05) is 32.0 Å². The SMILES string of the molecule is CC/C=C/C(C1CCC1CN1CC(c2ccc(Cl)cc2CCC)COc2ccc(C(=O)NS(=O)C(C)C)cc21)N1CCN2CCCCC2C1.